The summed E-state index contributed by atoms with van der Waals surface area (Å²) in [6, 6.07) is 10.9. The molecule has 0 fully saturated rings. The molecule has 3 rings (SSSR count). The number of carbonyl (C=O) groups excluding carboxylic acids is 2. The van der Waals surface area contributed by atoms with Crippen LogP contribution in [0.25, 0.3) is 0 Å². The van der Waals surface area contributed by atoms with Crippen molar-refractivity contribution in [2.75, 3.05) is 6.54 Å². The van der Waals surface area contributed by atoms with Crippen LogP contribution < -0.4 is 10.6 Å². The first kappa shape index (κ1) is 16.1. The lowest BCUT2D eigenvalue weighted by Crippen LogP contribution is -2.32. The highest BCUT2D eigenvalue weighted by molar-refractivity contribution is 5.99. The van der Waals surface area contributed by atoms with Crippen LogP contribution >= 0.6 is 0 Å². The van der Waals surface area contributed by atoms with Crippen LogP contribution in [-0.4, -0.2) is 18.4 Å². The van der Waals surface area contributed by atoms with E-state index in [2.05, 4.69) is 10.6 Å². The number of amides is 2. The van der Waals surface area contributed by atoms with E-state index < -0.39 is 6.43 Å². The number of halogens is 2. The zero-order chi connectivity index (χ0) is 17.1. The summed E-state index contributed by atoms with van der Waals surface area (Å²) in [6.45, 7) is 0.717. The fourth-order valence-electron chi connectivity index (χ4n) is 2.69. The smallest absolute Gasteiger partial charge is 0.263 e. The second-order valence-electron chi connectivity index (χ2n) is 5.61. The average Bonchev–Trinajstić information content (AvgIpc) is 2.60. The summed E-state index contributed by atoms with van der Waals surface area (Å²) in [6.07, 6.45) is -1.86. The van der Waals surface area contributed by atoms with Crippen molar-refractivity contribution in [2.45, 2.75) is 19.4 Å². The Balaban J connectivity index is 1.69. The molecule has 0 atom stereocenters. The van der Waals surface area contributed by atoms with Gasteiger partial charge < -0.3 is 10.6 Å². The van der Waals surface area contributed by atoms with Crippen LogP contribution in [-0.2, 0) is 13.0 Å². The van der Waals surface area contributed by atoms with Gasteiger partial charge in [-0.3, -0.25) is 9.59 Å². The molecule has 4 nitrogen and oxygen atoms in total. The Morgan fingerprint density at radius 3 is 2.83 bits per heavy atom. The number of alkyl halides is 2. The SMILES string of the molecule is O=C(NCc1cccc(C(F)F)c1)c1ccc2c(c1)CCNC2=O. The maximum atomic E-state index is 12.7. The van der Waals surface area contributed by atoms with E-state index >= 15 is 0 Å². The third-order valence-corrected chi connectivity index (χ3v) is 3.95. The second-order valence-corrected chi connectivity index (χ2v) is 5.61. The van der Waals surface area contributed by atoms with Gasteiger partial charge in [0.05, 0.1) is 0 Å². The molecule has 0 radical (unpaired) electrons. The molecule has 2 amide bonds. The summed E-state index contributed by atoms with van der Waals surface area (Å²) >= 11 is 0. The number of rotatable bonds is 4. The third kappa shape index (κ3) is 3.42. The van der Waals surface area contributed by atoms with E-state index in [1.54, 1.807) is 30.3 Å². The minimum absolute atomic E-state index is 0.0680. The van der Waals surface area contributed by atoms with E-state index in [1.165, 1.54) is 12.1 Å². The Morgan fingerprint density at radius 2 is 2.04 bits per heavy atom. The van der Waals surface area contributed by atoms with Crippen molar-refractivity contribution >= 4 is 11.8 Å². The first-order chi connectivity index (χ1) is 11.5. The van der Waals surface area contributed by atoms with Crippen molar-refractivity contribution in [1.29, 1.82) is 0 Å². The van der Waals surface area contributed by atoms with Crippen LogP contribution in [0.15, 0.2) is 42.5 Å². The van der Waals surface area contributed by atoms with Crippen LogP contribution in [0.4, 0.5) is 8.78 Å². The van der Waals surface area contributed by atoms with Crippen molar-refractivity contribution in [3.63, 3.8) is 0 Å². The standard InChI is InChI=1S/C18H16F2N2O2/c19-16(20)13-3-1-2-11(8-13)10-22-17(23)14-4-5-15-12(9-14)6-7-21-18(15)24/h1-5,8-9,16H,6-7,10H2,(H,21,24)(H,22,23). The van der Waals surface area contributed by atoms with Crippen LogP contribution in [0.2, 0.25) is 0 Å². The largest absolute Gasteiger partial charge is 0.352 e. The van der Waals surface area contributed by atoms with Crippen LogP contribution in [0.1, 0.15) is 43.8 Å². The predicted octanol–water partition coefficient (Wildman–Crippen LogP) is 2.84. The van der Waals surface area contributed by atoms with E-state index in [-0.39, 0.29) is 23.9 Å². The predicted molar refractivity (Wildman–Crippen MR) is 85.0 cm³/mol. The average molecular weight is 330 g/mol. The van der Waals surface area contributed by atoms with E-state index in [0.717, 1.165) is 5.56 Å². The molecule has 2 aromatic rings. The molecule has 1 aliphatic rings. The third-order valence-electron chi connectivity index (χ3n) is 3.95. The minimum Gasteiger partial charge on any atom is -0.352 e. The molecule has 0 bridgehead atoms. The molecule has 6 heteroatoms. The summed E-state index contributed by atoms with van der Waals surface area (Å²) in [5, 5.41) is 5.46. The molecule has 0 spiro atoms. The monoisotopic (exact) mass is 330 g/mol. The molecule has 124 valence electrons. The normalized spacial score (nSPS) is 13.4. The quantitative estimate of drug-likeness (QED) is 0.906. The molecule has 2 aromatic carbocycles. The van der Waals surface area contributed by atoms with E-state index in [0.29, 0.717) is 29.7 Å². The minimum atomic E-state index is -2.53. The van der Waals surface area contributed by atoms with Gasteiger partial charge in [0, 0.05) is 29.8 Å². The maximum Gasteiger partial charge on any atom is 0.263 e. The molecule has 1 aliphatic heterocycles. The van der Waals surface area contributed by atoms with Gasteiger partial charge >= 0.3 is 0 Å². The number of hydrogen-bond donors (Lipinski definition) is 2. The van der Waals surface area contributed by atoms with Crippen molar-refractivity contribution in [1.82, 2.24) is 10.6 Å². The Hall–Kier alpha value is -2.76. The summed E-state index contributed by atoms with van der Waals surface area (Å²) in [5.41, 5.74) is 2.42. The number of benzene rings is 2. The van der Waals surface area contributed by atoms with Gasteiger partial charge in [-0.1, -0.05) is 18.2 Å². The molecule has 1 heterocycles. The molecular weight excluding hydrogens is 314 g/mol. The first-order valence-electron chi connectivity index (χ1n) is 7.61. The zero-order valence-corrected chi connectivity index (χ0v) is 12.8. The topological polar surface area (TPSA) is 58.2 Å². The maximum absolute atomic E-state index is 12.7. The van der Waals surface area contributed by atoms with E-state index in [9.17, 15) is 18.4 Å². The molecule has 2 N–H and O–H groups in total. The molecule has 0 unspecified atom stereocenters. The second kappa shape index (κ2) is 6.78. The van der Waals surface area contributed by atoms with E-state index in [1.807, 2.05) is 0 Å². The van der Waals surface area contributed by atoms with Gasteiger partial charge in [-0.25, -0.2) is 8.78 Å². The Morgan fingerprint density at radius 1 is 1.21 bits per heavy atom. The first-order valence-corrected chi connectivity index (χ1v) is 7.61. The van der Waals surface area contributed by atoms with E-state index in [4.69, 9.17) is 0 Å². The fourth-order valence-corrected chi connectivity index (χ4v) is 2.69. The Labute approximate surface area is 137 Å². The lowest BCUT2D eigenvalue weighted by atomic mass is 9.97. The molecule has 24 heavy (non-hydrogen) atoms. The van der Waals surface area contributed by atoms with Gasteiger partial charge in [0.15, 0.2) is 0 Å². The van der Waals surface area contributed by atoms with Gasteiger partial charge in [0.2, 0.25) is 0 Å². The van der Waals surface area contributed by atoms with Crippen LogP contribution in [0.5, 0.6) is 0 Å². The van der Waals surface area contributed by atoms with Gasteiger partial charge in [-0.2, -0.15) is 0 Å². The highest BCUT2D eigenvalue weighted by atomic mass is 19.3. The molecule has 0 saturated heterocycles. The lowest BCUT2D eigenvalue weighted by molar-refractivity contribution is 0.0935. The van der Waals surface area contributed by atoms with Crippen molar-refractivity contribution < 1.29 is 18.4 Å². The highest BCUT2D eigenvalue weighted by Gasteiger charge is 2.18. The van der Waals surface area contributed by atoms with Crippen molar-refractivity contribution in [3.8, 4) is 0 Å². The summed E-state index contributed by atoms with van der Waals surface area (Å²) in [5.74, 6) is -0.432. The molecular formula is C18H16F2N2O2. The Bertz CT molecular complexity index is 790. The van der Waals surface area contributed by atoms with Crippen molar-refractivity contribution in [2.24, 2.45) is 0 Å². The number of fused-ring (bicyclic) bond motifs is 1. The molecule has 0 aliphatic carbocycles. The number of carbonyl (C=O) groups is 2. The van der Waals surface area contributed by atoms with Gasteiger partial charge in [0.1, 0.15) is 0 Å². The van der Waals surface area contributed by atoms with Gasteiger partial charge in [-0.05, 0) is 41.8 Å². The molecule has 0 aromatic heterocycles. The number of hydrogen-bond acceptors (Lipinski definition) is 2. The van der Waals surface area contributed by atoms with Crippen molar-refractivity contribution in [3.05, 3.63) is 70.3 Å². The summed E-state index contributed by atoms with van der Waals surface area (Å²) in [4.78, 5) is 23.9. The summed E-state index contributed by atoms with van der Waals surface area (Å²) < 4.78 is 25.4. The summed E-state index contributed by atoms with van der Waals surface area (Å²) in [7, 11) is 0. The van der Waals surface area contributed by atoms with Crippen LogP contribution in [0, 0.1) is 0 Å². The van der Waals surface area contributed by atoms with Crippen LogP contribution in [0.3, 0.4) is 0 Å². The lowest BCUT2D eigenvalue weighted by Gasteiger charge is -2.17. The fraction of sp³-hybridized carbons (Fsp3) is 0.222. The van der Waals surface area contributed by atoms with Gasteiger partial charge in [-0.15, -0.1) is 0 Å². The zero-order valence-electron chi connectivity index (χ0n) is 12.8. The Kier molecular flexibility index (Phi) is 4.55. The van der Waals surface area contributed by atoms with Gasteiger partial charge in [0.25, 0.3) is 18.2 Å². The molecule has 0 saturated carbocycles. The number of nitrogens with one attached hydrogen (secondary N) is 2. The highest BCUT2D eigenvalue weighted by Crippen LogP contribution is 2.20.